The van der Waals surface area contributed by atoms with Crippen LogP contribution in [0.4, 0.5) is 5.69 Å². The number of nitrogens with one attached hydrogen (secondary N) is 2. The van der Waals surface area contributed by atoms with Crippen molar-refractivity contribution in [2.24, 2.45) is 0 Å². The van der Waals surface area contributed by atoms with Crippen molar-refractivity contribution >= 4 is 21.6 Å². The van der Waals surface area contributed by atoms with Crippen molar-refractivity contribution in [2.45, 2.75) is 24.3 Å². The second-order valence-electron chi connectivity index (χ2n) is 6.89. The summed E-state index contributed by atoms with van der Waals surface area (Å²) >= 11 is 0. The summed E-state index contributed by atoms with van der Waals surface area (Å²) in [6, 6.07) is 16.2. The van der Waals surface area contributed by atoms with Crippen molar-refractivity contribution in [1.82, 2.24) is 9.62 Å². The van der Waals surface area contributed by atoms with Gasteiger partial charge in [0.05, 0.1) is 17.6 Å². The number of morpholine rings is 1. The Bertz CT molecular complexity index is 901. The Balaban J connectivity index is 1.50. The van der Waals surface area contributed by atoms with E-state index in [9.17, 15) is 13.2 Å². The second-order valence-corrected chi connectivity index (χ2v) is 8.66. The third kappa shape index (κ3) is 6.11. The average Bonchev–Trinajstić information content (AvgIpc) is 2.75. The van der Waals surface area contributed by atoms with Gasteiger partial charge in [0.1, 0.15) is 0 Å². The number of anilines is 1. The molecule has 2 aromatic carbocycles. The van der Waals surface area contributed by atoms with Gasteiger partial charge < -0.3 is 10.1 Å². The summed E-state index contributed by atoms with van der Waals surface area (Å²) in [5.74, 6) is -0.113. The predicted octanol–water partition coefficient (Wildman–Crippen LogP) is 2.39. The molecule has 2 aromatic rings. The zero-order chi connectivity index (χ0) is 20.7. The first-order chi connectivity index (χ1) is 14.0. The molecule has 1 heterocycles. The largest absolute Gasteiger partial charge is 0.371 e. The molecule has 0 aromatic heterocycles. The van der Waals surface area contributed by atoms with Gasteiger partial charge in [-0.25, -0.2) is 13.1 Å². The number of ether oxygens (including phenoxy) is 1. The highest BCUT2D eigenvalue weighted by molar-refractivity contribution is 7.89. The van der Waals surface area contributed by atoms with E-state index in [0.717, 1.165) is 18.7 Å². The maximum atomic E-state index is 12.5. The van der Waals surface area contributed by atoms with Gasteiger partial charge in [0.25, 0.3) is 0 Å². The maximum absolute atomic E-state index is 12.5. The van der Waals surface area contributed by atoms with Gasteiger partial charge in [-0.3, -0.25) is 9.69 Å². The fourth-order valence-electron chi connectivity index (χ4n) is 3.16. The van der Waals surface area contributed by atoms with Crippen LogP contribution in [0.2, 0.25) is 0 Å². The Morgan fingerprint density at radius 3 is 2.55 bits per heavy atom. The summed E-state index contributed by atoms with van der Waals surface area (Å²) in [6.07, 6.45) is 0.376. The van der Waals surface area contributed by atoms with E-state index in [1.165, 1.54) is 12.1 Å². The minimum absolute atomic E-state index is 0.00688. The highest BCUT2D eigenvalue weighted by atomic mass is 32.2. The van der Waals surface area contributed by atoms with E-state index in [0.29, 0.717) is 31.8 Å². The van der Waals surface area contributed by atoms with E-state index >= 15 is 0 Å². The van der Waals surface area contributed by atoms with Crippen molar-refractivity contribution in [3.63, 3.8) is 0 Å². The summed E-state index contributed by atoms with van der Waals surface area (Å²) in [5.41, 5.74) is 1.71. The van der Waals surface area contributed by atoms with Crippen molar-refractivity contribution in [1.29, 1.82) is 0 Å². The summed E-state index contributed by atoms with van der Waals surface area (Å²) in [5, 5.41) is 2.70. The lowest BCUT2D eigenvalue weighted by Gasteiger charge is -2.33. The summed E-state index contributed by atoms with van der Waals surface area (Å²) < 4.78 is 33.5. The van der Waals surface area contributed by atoms with Gasteiger partial charge in [0, 0.05) is 38.3 Å². The number of benzene rings is 2. The monoisotopic (exact) mass is 417 g/mol. The van der Waals surface area contributed by atoms with Gasteiger partial charge >= 0.3 is 0 Å². The molecular formula is C21H27N3O4S. The Kier molecular flexibility index (Phi) is 7.38. The molecule has 1 amide bonds. The molecule has 0 spiro atoms. The van der Waals surface area contributed by atoms with Crippen LogP contribution in [0.5, 0.6) is 0 Å². The van der Waals surface area contributed by atoms with Gasteiger partial charge in [-0.1, -0.05) is 37.3 Å². The Hall–Kier alpha value is -2.26. The summed E-state index contributed by atoms with van der Waals surface area (Å²) in [6.45, 7) is 4.81. The summed E-state index contributed by atoms with van der Waals surface area (Å²) in [7, 11) is -3.60. The molecule has 0 saturated carbocycles. The molecule has 0 aliphatic carbocycles. The smallest absolute Gasteiger partial charge is 0.240 e. The number of hydrogen-bond acceptors (Lipinski definition) is 5. The molecule has 1 aliphatic heterocycles. The van der Waals surface area contributed by atoms with E-state index in [-0.39, 0.29) is 16.9 Å². The predicted molar refractivity (Wildman–Crippen MR) is 112 cm³/mol. The normalized spacial score (nSPS) is 17.8. The van der Waals surface area contributed by atoms with Crippen LogP contribution in [0.15, 0.2) is 59.5 Å². The number of nitrogens with zero attached hydrogens (tertiary/aromatic N) is 1. The number of hydrogen-bond donors (Lipinski definition) is 2. The Labute approximate surface area is 172 Å². The van der Waals surface area contributed by atoms with Crippen LogP contribution in [0.25, 0.3) is 0 Å². The van der Waals surface area contributed by atoms with Gasteiger partial charge in [0.2, 0.25) is 15.9 Å². The average molecular weight is 418 g/mol. The van der Waals surface area contributed by atoms with Crippen molar-refractivity contribution < 1.29 is 17.9 Å². The van der Waals surface area contributed by atoms with Crippen LogP contribution in [0, 0.1) is 0 Å². The molecule has 3 rings (SSSR count). The van der Waals surface area contributed by atoms with Crippen molar-refractivity contribution in [2.75, 3.05) is 38.1 Å². The highest BCUT2D eigenvalue weighted by Gasteiger charge is 2.22. The van der Waals surface area contributed by atoms with Gasteiger partial charge in [-0.2, -0.15) is 0 Å². The third-order valence-corrected chi connectivity index (χ3v) is 6.29. The lowest BCUT2D eigenvalue weighted by molar-refractivity contribution is -0.115. The quantitative estimate of drug-likeness (QED) is 0.689. The lowest BCUT2D eigenvalue weighted by atomic mass is 10.1. The van der Waals surface area contributed by atoms with Crippen molar-refractivity contribution in [3.05, 3.63) is 60.2 Å². The third-order valence-electron chi connectivity index (χ3n) is 4.81. The van der Waals surface area contributed by atoms with Crippen molar-refractivity contribution in [3.8, 4) is 0 Å². The number of rotatable bonds is 8. The molecule has 1 fully saturated rings. The molecule has 2 N–H and O–H groups in total. The molecule has 0 bridgehead atoms. The second kappa shape index (κ2) is 9.98. The topological polar surface area (TPSA) is 87.7 Å². The molecule has 1 unspecified atom stereocenters. The zero-order valence-corrected chi connectivity index (χ0v) is 17.3. The van der Waals surface area contributed by atoms with E-state index in [1.54, 1.807) is 19.1 Å². The number of carbonyl (C=O) groups excluding carboxylic acids is 1. The molecule has 1 atom stereocenters. The van der Waals surface area contributed by atoms with E-state index in [1.807, 2.05) is 30.3 Å². The van der Waals surface area contributed by atoms with E-state index < -0.39 is 10.0 Å². The first kappa shape index (κ1) is 21.4. The van der Waals surface area contributed by atoms with Crippen LogP contribution in [-0.2, 0) is 19.6 Å². The summed E-state index contributed by atoms with van der Waals surface area (Å²) in [4.78, 5) is 13.8. The van der Waals surface area contributed by atoms with Gasteiger partial charge in [-0.05, 0) is 29.8 Å². The zero-order valence-electron chi connectivity index (χ0n) is 16.5. The number of carbonyl (C=O) groups is 1. The molecule has 156 valence electrons. The first-order valence-corrected chi connectivity index (χ1v) is 11.2. The molecule has 7 nitrogen and oxygen atoms in total. The Morgan fingerprint density at radius 2 is 1.86 bits per heavy atom. The fraction of sp³-hybridized carbons (Fsp3) is 0.381. The van der Waals surface area contributed by atoms with E-state index in [2.05, 4.69) is 14.9 Å². The number of amides is 1. The van der Waals surface area contributed by atoms with Crippen LogP contribution >= 0.6 is 0 Å². The first-order valence-electron chi connectivity index (χ1n) is 9.76. The number of sulfonamides is 1. The van der Waals surface area contributed by atoms with Gasteiger partial charge in [0.15, 0.2) is 0 Å². The fourth-order valence-corrected chi connectivity index (χ4v) is 4.18. The Morgan fingerprint density at radius 1 is 1.14 bits per heavy atom. The van der Waals surface area contributed by atoms with E-state index in [4.69, 9.17) is 4.74 Å². The highest BCUT2D eigenvalue weighted by Crippen LogP contribution is 2.21. The van der Waals surface area contributed by atoms with Crippen LogP contribution in [-0.4, -0.2) is 52.0 Å². The molecular weight excluding hydrogens is 390 g/mol. The molecule has 1 aliphatic rings. The molecule has 1 saturated heterocycles. The van der Waals surface area contributed by atoms with Crippen LogP contribution in [0.1, 0.15) is 25.0 Å². The van der Waals surface area contributed by atoms with Gasteiger partial charge in [-0.15, -0.1) is 0 Å². The lowest BCUT2D eigenvalue weighted by Crippen LogP contribution is -2.42. The molecule has 29 heavy (non-hydrogen) atoms. The molecule has 0 radical (unpaired) electrons. The maximum Gasteiger partial charge on any atom is 0.240 e. The van der Waals surface area contributed by atoms with Crippen LogP contribution < -0.4 is 10.0 Å². The van der Waals surface area contributed by atoms with Crippen LogP contribution in [0.3, 0.4) is 0 Å². The molecule has 8 heteroatoms. The minimum atomic E-state index is -3.60. The standard InChI is InChI=1S/C21H27N3O4S/c1-2-21(25)23-18-8-10-19(11-9-18)29(26,27)22-12-13-24-14-15-28-20(16-24)17-6-4-3-5-7-17/h3-11,20,22H,2,12-16H2,1H3,(H,23,25). The SMILES string of the molecule is CCC(=O)Nc1ccc(S(=O)(=O)NCCN2CCOC(c3ccccc3)C2)cc1. The minimum Gasteiger partial charge on any atom is -0.371 e.